The third kappa shape index (κ3) is 2.71. The maximum atomic E-state index is 13.8. The molecule has 2 aromatic heterocycles. The highest BCUT2D eigenvalue weighted by atomic mass is 79.9. The van der Waals surface area contributed by atoms with E-state index in [-0.39, 0.29) is 20.3 Å². The maximum Gasteiger partial charge on any atom is 0.274 e. The summed E-state index contributed by atoms with van der Waals surface area (Å²) in [5, 5.41) is 0.156. The highest BCUT2D eigenvalue weighted by Gasteiger charge is 2.22. The minimum Gasteiger partial charge on any atom is -0.355 e. The molecule has 24 heavy (non-hydrogen) atoms. The fourth-order valence-corrected chi connectivity index (χ4v) is 3.76. The number of fused-ring (bicyclic) bond motifs is 1. The van der Waals surface area contributed by atoms with Crippen molar-refractivity contribution in [3.8, 4) is 0 Å². The number of sulfonamides is 1. The van der Waals surface area contributed by atoms with Crippen molar-refractivity contribution in [3.63, 3.8) is 0 Å². The summed E-state index contributed by atoms with van der Waals surface area (Å²) in [5.41, 5.74) is -0.841. The van der Waals surface area contributed by atoms with Gasteiger partial charge < -0.3 is 9.55 Å². The van der Waals surface area contributed by atoms with Gasteiger partial charge in [-0.1, -0.05) is 0 Å². The van der Waals surface area contributed by atoms with Gasteiger partial charge in [-0.25, -0.2) is 17.2 Å². The van der Waals surface area contributed by atoms with Crippen molar-refractivity contribution in [3.05, 3.63) is 57.1 Å². The monoisotopic (exact) mass is 417 g/mol. The Morgan fingerprint density at radius 1 is 1.25 bits per heavy atom. The van der Waals surface area contributed by atoms with Crippen LogP contribution in [0.5, 0.6) is 0 Å². The van der Waals surface area contributed by atoms with Crippen LogP contribution in [0.1, 0.15) is 0 Å². The Kier molecular flexibility index (Phi) is 3.96. The van der Waals surface area contributed by atoms with E-state index in [0.717, 1.165) is 18.3 Å². The summed E-state index contributed by atoms with van der Waals surface area (Å²) >= 11 is 2.81. The number of pyridine rings is 1. The van der Waals surface area contributed by atoms with Gasteiger partial charge in [-0.2, -0.15) is 0 Å². The van der Waals surface area contributed by atoms with E-state index in [1.807, 2.05) is 4.72 Å². The Hall–Kier alpha value is -2.20. The molecule has 0 bridgehead atoms. The van der Waals surface area contributed by atoms with Gasteiger partial charge in [0.25, 0.3) is 15.6 Å². The van der Waals surface area contributed by atoms with Crippen molar-refractivity contribution in [2.24, 2.45) is 7.05 Å². The van der Waals surface area contributed by atoms with Crippen molar-refractivity contribution < 1.29 is 17.2 Å². The molecule has 3 aromatic rings. The number of halogens is 3. The average molecular weight is 418 g/mol. The van der Waals surface area contributed by atoms with Crippen LogP contribution in [0.2, 0.25) is 0 Å². The zero-order valence-corrected chi connectivity index (χ0v) is 14.5. The van der Waals surface area contributed by atoms with Crippen LogP contribution in [0, 0.1) is 11.6 Å². The minimum absolute atomic E-state index is 0.0998. The molecule has 0 unspecified atom stereocenters. The van der Waals surface area contributed by atoms with Crippen LogP contribution in [0.3, 0.4) is 0 Å². The topological polar surface area (TPSA) is 84.0 Å². The number of hydrogen-bond donors (Lipinski definition) is 2. The van der Waals surface area contributed by atoms with Gasteiger partial charge in [0.1, 0.15) is 22.0 Å². The number of aromatic amines is 1. The molecule has 0 spiro atoms. The Labute approximate surface area is 143 Å². The first-order valence-corrected chi connectivity index (χ1v) is 8.82. The first-order valence-electron chi connectivity index (χ1n) is 6.55. The molecule has 0 saturated carbocycles. The van der Waals surface area contributed by atoms with Crippen LogP contribution in [0.15, 0.2) is 44.8 Å². The number of aromatic nitrogens is 2. The van der Waals surface area contributed by atoms with Crippen molar-refractivity contribution in [1.29, 1.82) is 0 Å². The highest BCUT2D eigenvalue weighted by molar-refractivity contribution is 9.10. The highest BCUT2D eigenvalue weighted by Crippen LogP contribution is 2.27. The molecule has 0 atom stereocenters. The summed E-state index contributed by atoms with van der Waals surface area (Å²) in [4.78, 5) is 14.3. The van der Waals surface area contributed by atoms with Crippen LogP contribution in [0.25, 0.3) is 10.9 Å². The number of anilines is 1. The normalized spacial score (nSPS) is 11.8. The van der Waals surface area contributed by atoms with Crippen LogP contribution in [0.4, 0.5) is 14.5 Å². The summed E-state index contributed by atoms with van der Waals surface area (Å²) in [6, 6.07) is 2.99. The van der Waals surface area contributed by atoms with E-state index in [1.165, 1.54) is 23.9 Å². The van der Waals surface area contributed by atoms with E-state index < -0.39 is 32.9 Å². The Balaban J connectivity index is 2.11. The van der Waals surface area contributed by atoms with Gasteiger partial charge >= 0.3 is 0 Å². The fourth-order valence-electron chi connectivity index (χ4n) is 2.21. The summed E-state index contributed by atoms with van der Waals surface area (Å²) < 4.78 is 55.5. The molecule has 0 amide bonds. The van der Waals surface area contributed by atoms with Crippen molar-refractivity contribution >= 4 is 42.5 Å². The number of H-pyrrole nitrogens is 1. The van der Waals surface area contributed by atoms with E-state index in [4.69, 9.17) is 0 Å². The lowest BCUT2D eigenvalue weighted by Gasteiger charge is -2.09. The smallest absolute Gasteiger partial charge is 0.274 e. The van der Waals surface area contributed by atoms with Gasteiger partial charge in [0.2, 0.25) is 0 Å². The second-order valence-electron chi connectivity index (χ2n) is 5.03. The summed E-state index contributed by atoms with van der Waals surface area (Å²) in [5.74, 6) is -1.76. The zero-order valence-electron chi connectivity index (χ0n) is 12.1. The first-order chi connectivity index (χ1) is 11.2. The molecule has 3 rings (SSSR count). The minimum atomic E-state index is -4.23. The Bertz CT molecular complexity index is 1120. The van der Waals surface area contributed by atoms with E-state index in [9.17, 15) is 22.0 Å². The molecule has 1 aromatic carbocycles. The number of nitrogens with zero attached hydrogens (tertiary/aromatic N) is 1. The first kappa shape index (κ1) is 16.7. The molecule has 0 fully saturated rings. The van der Waals surface area contributed by atoms with E-state index in [1.54, 1.807) is 0 Å². The molecular weight excluding hydrogens is 408 g/mol. The molecule has 2 N–H and O–H groups in total. The lowest BCUT2D eigenvalue weighted by Crippen LogP contribution is -2.17. The van der Waals surface area contributed by atoms with E-state index in [2.05, 4.69) is 20.9 Å². The number of nitrogens with one attached hydrogen (secondary N) is 2. The second-order valence-corrected chi connectivity index (χ2v) is 7.53. The molecule has 6 nitrogen and oxygen atoms in total. The van der Waals surface area contributed by atoms with Gasteiger partial charge in [0, 0.05) is 30.9 Å². The van der Waals surface area contributed by atoms with Crippen molar-refractivity contribution in [2.45, 2.75) is 4.90 Å². The van der Waals surface area contributed by atoms with Crippen LogP contribution in [-0.4, -0.2) is 18.0 Å². The quantitative estimate of drug-likeness (QED) is 0.642. The second kappa shape index (κ2) is 5.71. The molecule has 0 aliphatic rings. The molecule has 126 valence electrons. The molecule has 2 heterocycles. The lowest BCUT2D eigenvalue weighted by molar-refractivity contribution is 0.592. The summed E-state index contributed by atoms with van der Waals surface area (Å²) in [6.45, 7) is 0. The molecule has 0 saturated heterocycles. The summed E-state index contributed by atoms with van der Waals surface area (Å²) in [7, 11) is -2.71. The SMILES string of the molecule is Cn1ccc2c(S(=O)(=O)Nc3cc(F)c(Br)cc3F)c[nH]c2c1=O. The summed E-state index contributed by atoms with van der Waals surface area (Å²) in [6.07, 6.45) is 2.54. The number of aryl methyl sites for hydroxylation is 1. The predicted molar refractivity (Wildman–Crippen MR) is 88.4 cm³/mol. The third-order valence-corrected chi connectivity index (χ3v) is 5.44. The molecule has 0 radical (unpaired) electrons. The van der Waals surface area contributed by atoms with E-state index >= 15 is 0 Å². The number of hydrogen-bond acceptors (Lipinski definition) is 3. The largest absolute Gasteiger partial charge is 0.355 e. The van der Waals surface area contributed by atoms with E-state index in [0.29, 0.717) is 0 Å². The maximum absolute atomic E-state index is 13.8. The van der Waals surface area contributed by atoms with Crippen molar-refractivity contribution in [1.82, 2.24) is 9.55 Å². The van der Waals surface area contributed by atoms with Crippen LogP contribution < -0.4 is 10.3 Å². The predicted octanol–water partition coefficient (Wildman–Crippen LogP) is 2.71. The lowest BCUT2D eigenvalue weighted by atomic mass is 10.3. The van der Waals surface area contributed by atoms with Crippen LogP contribution in [-0.2, 0) is 17.1 Å². The Morgan fingerprint density at radius 2 is 1.96 bits per heavy atom. The number of rotatable bonds is 3. The van der Waals surface area contributed by atoms with Gasteiger partial charge in [-0.3, -0.25) is 9.52 Å². The van der Waals surface area contributed by atoms with Crippen molar-refractivity contribution in [2.75, 3.05) is 4.72 Å². The molecule has 0 aliphatic carbocycles. The molecule has 0 aliphatic heterocycles. The molecule has 10 heteroatoms. The zero-order chi connectivity index (χ0) is 17.6. The van der Waals surface area contributed by atoms with Gasteiger partial charge in [0.05, 0.1) is 10.2 Å². The van der Waals surface area contributed by atoms with Crippen LogP contribution >= 0.6 is 15.9 Å². The van der Waals surface area contributed by atoms with Gasteiger partial charge in [-0.15, -0.1) is 0 Å². The fraction of sp³-hybridized carbons (Fsp3) is 0.0714. The average Bonchev–Trinajstić information content (AvgIpc) is 2.94. The Morgan fingerprint density at radius 3 is 2.67 bits per heavy atom. The molecular formula is C14H10BrF2N3O3S. The third-order valence-electron chi connectivity index (χ3n) is 3.43. The number of benzene rings is 1. The van der Waals surface area contributed by atoms with Gasteiger partial charge in [0.15, 0.2) is 0 Å². The standard InChI is InChI=1S/C14H10BrF2N3O3S/c1-20-3-2-7-12(6-18-13(7)14(20)21)24(22,23)19-11-5-9(16)8(15)4-10(11)17/h2-6,18-19H,1H3. The van der Waals surface area contributed by atoms with Gasteiger partial charge in [-0.05, 0) is 28.1 Å².